The Labute approximate surface area is 86.0 Å². The molecule has 0 spiro atoms. The number of hydrogen-bond acceptors (Lipinski definition) is 2. The van der Waals surface area contributed by atoms with E-state index in [1.165, 1.54) is 11.3 Å². The molecule has 1 aliphatic carbocycles. The number of Topliss-reactive ketones (excluding diaryl/α,β-unsaturated/α-hetero) is 1. The van der Waals surface area contributed by atoms with Crippen molar-refractivity contribution in [2.24, 2.45) is 0 Å². The number of carbonyl (C=O) groups excluding carboxylic acids is 1. The molecule has 0 aliphatic heterocycles. The van der Waals surface area contributed by atoms with Crippen LogP contribution in [0.25, 0.3) is 0 Å². The first-order chi connectivity index (χ1) is 6.29. The van der Waals surface area contributed by atoms with Crippen molar-refractivity contribution in [3.05, 3.63) is 33.0 Å². The number of hydrogen-bond donors (Lipinski definition) is 0. The molecule has 3 heteroatoms. The van der Waals surface area contributed by atoms with Gasteiger partial charge in [-0.25, -0.2) is 0 Å². The van der Waals surface area contributed by atoms with E-state index < -0.39 is 0 Å². The van der Waals surface area contributed by atoms with Crippen LogP contribution in [-0.2, 0) is 0 Å². The van der Waals surface area contributed by atoms with Crippen molar-refractivity contribution >= 4 is 28.7 Å². The molecule has 0 aromatic carbocycles. The molecule has 0 amide bonds. The van der Waals surface area contributed by atoms with Crippen molar-refractivity contribution in [3.63, 3.8) is 0 Å². The Hall–Kier alpha value is -0.600. The van der Waals surface area contributed by atoms with Gasteiger partial charge in [0, 0.05) is 0 Å². The molecular formula is C10H9ClOS. The Balaban J connectivity index is 2.27. The molecule has 0 radical (unpaired) electrons. The van der Waals surface area contributed by atoms with Gasteiger partial charge < -0.3 is 0 Å². The maximum atomic E-state index is 11.8. The summed E-state index contributed by atoms with van der Waals surface area (Å²) in [5.74, 6) is 0.115. The summed E-state index contributed by atoms with van der Waals surface area (Å²) < 4.78 is 0.609. The molecule has 0 unspecified atom stereocenters. The van der Waals surface area contributed by atoms with E-state index in [0.29, 0.717) is 9.90 Å². The van der Waals surface area contributed by atoms with E-state index in [-0.39, 0.29) is 5.78 Å². The number of ketones is 1. The van der Waals surface area contributed by atoms with E-state index in [1.807, 2.05) is 11.5 Å². The molecule has 1 aliphatic rings. The van der Waals surface area contributed by atoms with Crippen molar-refractivity contribution in [2.45, 2.75) is 19.3 Å². The highest BCUT2D eigenvalue weighted by Crippen LogP contribution is 2.28. The predicted molar refractivity (Wildman–Crippen MR) is 55.6 cm³/mol. The van der Waals surface area contributed by atoms with Gasteiger partial charge >= 0.3 is 0 Å². The van der Waals surface area contributed by atoms with E-state index in [9.17, 15) is 4.79 Å². The van der Waals surface area contributed by atoms with Gasteiger partial charge in [0.2, 0.25) is 0 Å². The largest absolute Gasteiger partial charge is 0.289 e. The van der Waals surface area contributed by atoms with Crippen LogP contribution in [0.3, 0.4) is 0 Å². The van der Waals surface area contributed by atoms with Crippen LogP contribution in [0.4, 0.5) is 0 Å². The molecule has 2 rings (SSSR count). The molecule has 1 aromatic rings. The van der Waals surface area contributed by atoms with Crippen molar-refractivity contribution in [1.82, 2.24) is 0 Å². The van der Waals surface area contributed by atoms with Gasteiger partial charge in [-0.2, -0.15) is 0 Å². The standard InChI is InChI=1S/C10H9ClOS/c11-10-8(5-6-13-10)9(12)7-3-1-2-4-7/h3,5-6H,1-2,4H2. The summed E-state index contributed by atoms with van der Waals surface area (Å²) in [5, 5.41) is 1.85. The fourth-order valence-electron chi connectivity index (χ4n) is 1.51. The second kappa shape index (κ2) is 3.64. The smallest absolute Gasteiger partial charge is 0.191 e. The van der Waals surface area contributed by atoms with E-state index in [4.69, 9.17) is 11.6 Å². The molecule has 1 nitrogen and oxygen atoms in total. The Morgan fingerprint density at radius 3 is 2.92 bits per heavy atom. The molecule has 0 fully saturated rings. The number of halogens is 1. The van der Waals surface area contributed by atoms with Crippen LogP contribution >= 0.6 is 22.9 Å². The van der Waals surface area contributed by atoms with Crippen LogP contribution in [0.2, 0.25) is 4.34 Å². The predicted octanol–water partition coefficient (Wildman–Crippen LogP) is 3.69. The lowest BCUT2D eigenvalue weighted by Gasteiger charge is -1.98. The highest BCUT2D eigenvalue weighted by atomic mass is 35.5. The van der Waals surface area contributed by atoms with Crippen LogP contribution in [0.1, 0.15) is 29.6 Å². The lowest BCUT2D eigenvalue weighted by molar-refractivity contribution is 0.103. The van der Waals surface area contributed by atoms with Crippen molar-refractivity contribution in [3.8, 4) is 0 Å². The Bertz CT molecular complexity index is 365. The van der Waals surface area contributed by atoms with Crippen molar-refractivity contribution < 1.29 is 4.79 Å². The first-order valence-corrected chi connectivity index (χ1v) is 5.51. The molecule has 13 heavy (non-hydrogen) atoms. The van der Waals surface area contributed by atoms with Crippen LogP contribution in [0, 0.1) is 0 Å². The Morgan fingerprint density at radius 2 is 2.38 bits per heavy atom. The quantitative estimate of drug-likeness (QED) is 0.684. The molecule has 0 N–H and O–H groups in total. The van der Waals surface area contributed by atoms with E-state index in [1.54, 1.807) is 6.07 Å². The minimum atomic E-state index is 0.115. The summed E-state index contributed by atoms with van der Waals surface area (Å²) in [6.07, 6.45) is 5.06. The number of thiophene rings is 1. The Kier molecular flexibility index (Phi) is 2.51. The molecule has 0 bridgehead atoms. The van der Waals surface area contributed by atoms with Crippen LogP contribution in [0.15, 0.2) is 23.1 Å². The van der Waals surface area contributed by atoms with Gasteiger partial charge in [-0.1, -0.05) is 17.7 Å². The number of allylic oxidation sites excluding steroid dienone is 2. The van der Waals surface area contributed by atoms with Crippen LogP contribution < -0.4 is 0 Å². The van der Waals surface area contributed by atoms with Crippen LogP contribution in [-0.4, -0.2) is 5.78 Å². The average Bonchev–Trinajstić information content (AvgIpc) is 2.72. The average molecular weight is 213 g/mol. The zero-order chi connectivity index (χ0) is 9.26. The maximum Gasteiger partial charge on any atom is 0.191 e. The minimum absolute atomic E-state index is 0.115. The summed E-state index contributed by atoms with van der Waals surface area (Å²) in [6, 6.07) is 1.80. The van der Waals surface area contributed by atoms with Gasteiger partial charge in [0.1, 0.15) is 4.34 Å². The van der Waals surface area contributed by atoms with Crippen LogP contribution in [0.5, 0.6) is 0 Å². The second-order valence-electron chi connectivity index (χ2n) is 3.06. The highest BCUT2D eigenvalue weighted by molar-refractivity contribution is 7.14. The molecular weight excluding hydrogens is 204 g/mol. The molecule has 1 aromatic heterocycles. The fourth-order valence-corrected chi connectivity index (χ4v) is 2.42. The zero-order valence-electron chi connectivity index (χ0n) is 7.05. The molecule has 1 heterocycles. The summed E-state index contributed by atoms with van der Waals surface area (Å²) in [5.41, 5.74) is 1.60. The van der Waals surface area contributed by atoms with Gasteiger partial charge in [0.25, 0.3) is 0 Å². The van der Waals surface area contributed by atoms with Crippen molar-refractivity contribution in [2.75, 3.05) is 0 Å². The molecule has 0 atom stereocenters. The maximum absolute atomic E-state index is 11.8. The van der Waals surface area contributed by atoms with Gasteiger partial charge in [0.15, 0.2) is 5.78 Å². The highest BCUT2D eigenvalue weighted by Gasteiger charge is 2.18. The first kappa shape index (κ1) is 8.97. The topological polar surface area (TPSA) is 17.1 Å². The van der Waals surface area contributed by atoms with E-state index in [2.05, 4.69) is 0 Å². The first-order valence-electron chi connectivity index (χ1n) is 4.26. The molecule has 68 valence electrons. The summed E-state index contributed by atoms with van der Waals surface area (Å²) in [4.78, 5) is 11.8. The van der Waals surface area contributed by atoms with E-state index >= 15 is 0 Å². The second-order valence-corrected chi connectivity index (χ2v) is 4.58. The van der Waals surface area contributed by atoms with Gasteiger partial charge in [-0.3, -0.25) is 4.79 Å². The SMILES string of the molecule is O=C(C1=CCCC1)c1ccsc1Cl. The summed E-state index contributed by atoms with van der Waals surface area (Å²) in [7, 11) is 0. The van der Waals surface area contributed by atoms with E-state index in [0.717, 1.165) is 24.8 Å². The number of carbonyl (C=O) groups is 1. The normalized spacial score (nSPS) is 15.9. The monoisotopic (exact) mass is 212 g/mol. The third kappa shape index (κ3) is 1.69. The third-order valence-corrected chi connectivity index (χ3v) is 3.37. The zero-order valence-corrected chi connectivity index (χ0v) is 8.62. The third-order valence-electron chi connectivity index (χ3n) is 2.20. The summed E-state index contributed by atoms with van der Waals surface area (Å²) >= 11 is 7.29. The summed E-state index contributed by atoms with van der Waals surface area (Å²) in [6.45, 7) is 0. The van der Waals surface area contributed by atoms with Gasteiger partial charge in [-0.05, 0) is 36.3 Å². The van der Waals surface area contributed by atoms with Gasteiger partial charge in [0.05, 0.1) is 5.56 Å². The molecule has 0 saturated heterocycles. The van der Waals surface area contributed by atoms with Crippen molar-refractivity contribution in [1.29, 1.82) is 0 Å². The fraction of sp³-hybridized carbons (Fsp3) is 0.300. The number of rotatable bonds is 2. The lowest BCUT2D eigenvalue weighted by atomic mass is 10.1. The Morgan fingerprint density at radius 1 is 1.54 bits per heavy atom. The lowest BCUT2D eigenvalue weighted by Crippen LogP contribution is -1.99. The van der Waals surface area contributed by atoms with Gasteiger partial charge in [-0.15, -0.1) is 11.3 Å². The minimum Gasteiger partial charge on any atom is -0.289 e. The molecule has 0 saturated carbocycles.